The summed E-state index contributed by atoms with van der Waals surface area (Å²) >= 11 is 2.70. The maximum atomic E-state index is 11.7. The second kappa shape index (κ2) is 59.1. The minimum Gasteiger partial charge on any atom is 2.00 e. The average Bonchev–Trinajstić information content (AvgIpc) is 1.61. The molecule has 3 aliphatic rings. The molecule has 9 heteroatoms. The second-order valence-corrected chi connectivity index (χ2v) is 33.8. The Bertz CT molecular complexity index is 3730. The molecule has 6 nitrogen and oxygen atoms in total. The van der Waals surface area contributed by atoms with Crippen LogP contribution >= 0.6 is 0 Å². The van der Waals surface area contributed by atoms with Gasteiger partial charge in [-0.2, -0.15) is 0 Å². The van der Waals surface area contributed by atoms with Gasteiger partial charge in [-0.25, -0.2) is 14.1 Å². The number of unbranched alkanes of at least 4 members (excludes halogenated alkanes) is 18. The van der Waals surface area contributed by atoms with Gasteiger partial charge in [-0.05, 0) is 222 Å². The van der Waals surface area contributed by atoms with Crippen molar-refractivity contribution in [1.82, 2.24) is 0 Å². The standard InChI is InChI=1S/C32H44N2.2C28H36N2.2C6H13.2CH3.Ni.2Pd/c1-5-9-11-12-13-14-22-30-29(21-10-6-2)31(27-19-15-17-25(7-3)23-27)34(33)32(30)28-20-16-18-26(8-4)24-28;2*1-4-7-12-22-14-10-17-24(19-22)27-21-26(16-9-6-3)28(30(27)29)25-18-11-15-23(20-25)13-8-5-2;2*1-3-5-6-4-2;;;;;/h15-20,23-24H,5-14,21-22H2,1-4H3;2*10-11,14-15,17-21H,4-9,12-13,16H2,1-3H3;2*1,3-6H2,2H3;2*1H3;;;/q;;;;;;;;;+2. The molecule has 0 radical (unpaired) electrons. The van der Waals surface area contributed by atoms with Gasteiger partial charge in [-0.1, -0.05) is 219 Å². The first-order valence-electron chi connectivity index (χ1n) is 43.9. The molecule has 3 heterocycles. The number of nitrogens with zero attached hydrogens (tertiary/aromatic N) is 6. The van der Waals surface area contributed by atoms with Gasteiger partial charge in [0.2, 0.25) is 34.2 Å². The molecular weight excluding hydrogens is 1580 g/mol. The Balaban J connectivity index is 0.000000319. The normalized spacial score (nSPS) is 13.2. The summed E-state index contributed by atoms with van der Waals surface area (Å²) in [5.74, 6) is 4.12. The van der Waals surface area contributed by atoms with Crippen LogP contribution in [0.5, 0.6) is 0 Å². The summed E-state index contributed by atoms with van der Waals surface area (Å²) in [5, 5.41) is 0. The number of rotatable bonds is 46. The molecule has 3 aliphatic heterocycles. The van der Waals surface area contributed by atoms with Gasteiger partial charge in [-0.15, -0.1) is 0 Å². The van der Waals surface area contributed by atoms with Crippen molar-refractivity contribution in [2.75, 3.05) is 0 Å². The quantitative estimate of drug-likeness (QED) is 0.0207. The van der Waals surface area contributed by atoms with Crippen molar-refractivity contribution in [2.45, 2.75) is 349 Å². The summed E-state index contributed by atoms with van der Waals surface area (Å²) in [6.45, 7) is 26.8. The summed E-state index contributed by atoms with van der Waals surface area (Å²) in [5.41, 5.74) is 59.8. The molecule has 0 fully saturated rings. The number of hydrogen-bond acceptors (Lipinski definition) is 0. The Morgan fingerprint density at radius 1 is 0.270 bits per heavy atom. The van der Waals surface area contributed by atoms with E-state index in [-0.39, 0.29) is 20.4 Å². The van der Waals surface area contributed by atoms with Crippen LogP contribution in [0, 0.1) is 0 Å². The summed E-state index contributed by atoms with van der Waals surface area (Å²) in [4.78, 5) is 3.06. The van der Waals surface area contributed by atoms with E-state index in [2.05, 4.69) is 253 Å². The van der Waals surface area contributed by atoms with Crippen molar-refractivity contribution >= 4 is 34.2 Å². The maximum absolute atomic E-state index is 11.7. The fourth-order valence-corrected chi connectivity index (χ4v) is 16.6. The molecule has 0 saturated carbocycles. The van der Waals surface area contributed by atoms with Crippen LogP contribution < -0.4 is 0 Å². The van der Waals surface area contributed by atoms with Crippen LogP contribution in [0.2, 0.25) is 21.6 Å². The zero-order valence-electron chi connectivity index (χ0n) is 71.9. The van der Waals surface area contributed by atoms with Crippen LogP contribution in [-0.4, -0.2) is 14.1 Å². The van der Waals surface area contributed by atoms with Gasteiger partial charge in [0.05, 0.1) is 0 Å². The molecule has 0 spiro atoms. The molecule has 111 heavy (non-hydrogen) atoms. The molecule has 6 aromatic rings. The van der Waals surface area contributed by atoms with Gasteiger partial charge in [-0.3, -0.25) is 0 Å². The molecule has 0 aliphatic carbocycles. The monoisotopic (exact) mass is 1730 g/mol. The van der Waals surface area contributed by atoms with E-state index in [4.69, 9.17) is 0 Å². The molecule has 0 bridgehead atoms. The van der Waals surface area contributed by atoms with Crippen molar-refractivity contribution in [1.29, 1.82) is 0 Å². The Kier molecular flexibility index (Phi) is 52.0. The van der Waals surface area contributed by atoms with Crippen molar-refractivity contribution in [3.63, 3.8) is 0 Å². The molecule has 614 valence electrons. The largest absolute Gasteiger partial charge is 2.00 e. The van der Waals surface area contributed by atoms with E-state index in [1.54, 1.807) is 14.4 Å². The third-order valence-electron chi connectivity index (χ3n) is 21.1. The zero-order chi connectivity index (χ0) is 79.5. The van der Waals surface area contributed by atoms with Gasteiger partial charge >= 0.3 is 140 Å². The van der Waals surface area contributed by atoms with Crippen LogP contribution in [0.1, 0.15) is 355 Å². The first-order chi connectivity index (χ1) is 53.8. The predicted octanol–water partition coefficient (Wildman–Crippen LogP) is 32.9. The van der Waals surface area contributed by atoms with Crippen LogP contribution in [-0.2, 0) is 91.4 Å². The van der Waals surface area contributed by atoms with E-state index >= 15 is 0 Å². The summed E-state index contributed by atoms with van der Waals surface area (Å²) in [6, 6.07) is 52.3. The molecule has 0 amide bonds. The van der Waals surface area contributed by atoms with E-state index < -0.39 is 0 Å². The molecule has 0 unspecified atom stereocenters. The van der Waals surface area contributed by atoms with Crippen LogP contribution in [0.15, 0.2) is 180 Å². The summed E-state index contributed by atoms with van der Waals surface area (Å²) in [6.07, 6.45) is 50.5. The van der Waals surface area contributed by atoms with Crippen LogP contribution in [0.3, 0.4) is 0 Å². The topological polar surface area (TPSA) is 75.9 Å². The number of aryl methyl sites for hydroxylation is 6. The molecule has 0 atom stereocenters. The maximum Gasteiger partial charge on any atom is 2.00 e. The molecule has 0 aromatic heterocycles. The van der Waals surface area contributed by atoms with Gasteiger partial charge in [0.15, 0.2) is 0 Å². The van der Waals surface area contributed by atoms with E-state index in [1.807, 2.05) is 0 Å². The third kappa shape index (κ3) is 33.6. The SMILES string of the molecule is CCCCC1=C(c2cccc(CCCC)c2)[N+](=[N-])C(c2cccc(CCCC)c2)=C1.CCCCC1=C(c2cccc(CCCC)c2)[N+](=[N-])C(c2cccc(CCCC)c2)=C1.CCCCCCCCC1=C(c2cccc(CC)c2)[N+](=[N-])C(c2cccc(CC)c2)=C1CCCC.CCCCC[CH2][Pd][CH2]CCCCC.[CH3][Ni][CH3].[Pd+2]. The van der Waals surface area contributed by atoms with Crippen molar-refractivity contribution in [2.24, 2.45) is 0 Å². The first kappa shape index (κ1) is 97.7. The third-order valence-corrected chi connectivity index (χ3v) is 23.3. The Labute approximate surface area is 707 Å². The smallest absolute Gasteiger partial charge is 2.00 e. The number of benzene rings is 6. The second-order valence-electron chi connectivity index (χ2n) is 30.5. The molecule has 9 rings (SSSR count). The average molecular weight is 1730 g/mol. The van der Waals surface area contributed by atoms with Gasteiger partial charge in [0, 0.05) is 67.8 Å². The molecule has 6 aromatic carbocycles. The predicted molar refractivity (Wildman–Crippen MR) is 473 cm³/mol. The van der Waals surface area contributed by atoms with Gasteiger partial charge in [0.25, 0.3) is 0 Å². The van der Waals surface area contributed by atoms with E-state index in [0.29, 0.717) is 0 Å². The van der Waals surface area contributed by atoms with E-state index in [0.717, 1.165) is 188 Å². The zero-order valence-corrected chi connectivity index (χ0v) is 76.0. The Hall–Kier alpha value is -5.62. The minimum absolute atomic E-state index is 0. The Morgan fingerprint density at radius 3 is 0.856 bits per heavy atom. The number of allylic oxidation sites excluding steroid dienone is 6. The van der Waals surface area contributed by atoms with Gasteiger partial charge < -0.3 is 16.6 Å². The first-order valence-corrected chi connectivity index (χ1v) is 48.0. The molecule has 0 saturated heterocycles. The van der Waals surface area contributed by atoms with E-state index in [1.165, 1.54) is 221 Å². The number of hydrogen-bond donors (Lipinski definition) is 0. The van der Waals surface area contributed by atoms with Crippen LogP contribution in [0.25, 0.3) is 50.8 Å². The van der Waals surface area contributed by atoms with Crippen molar-refractivity contribution in [3.05, 3.63) is 263 Å². The molecule has 0 N–H and O–H groups in total. The Morgan fingerprint density at radius 2 is 0.523 bits per heavy atom. The fourth-order valence-electron chi connectivity index (χ4n) is 14.6. The van der Waals surface area contributed by atoms with Crippen LogP contribution in [0.4, 0.5) is 0 Å². The fraction of sp³-hybridized carbons (Fsp3) is 0.529. The van der Waals surface area contributed by atoms with Crippen molar-refractivity contribution in [3.8, 4) is 0 Å². The van der Waals surface area contributed by atoms with Gasteiger partial charge in [0.1, 0.15) is 0 Å². The van der Waals surface area contributed by atoms with E-state index in [9.17, 15) is 16.6 Å². The molecular formula is C102H148N6NiPd2+2. The van der Waals surface area contributed by atoms with Crippen molar-refractivity contribution < 1.29 is 66.9 Å². The minimum atomic E-state index is 0. The summed E-state index contributed by atoms with van der Waals surface area (Å²) < 4.78 is 4.40. The summed E-state index contributed by atoms with van der Waals surface area (Å²) in [7, 11) is 0.